The average Bonchev–Trinajstić information content (AvgIpc) is 2.33. The molecule has 1 atom stereocenters. The molecule has 0 heterocycles. The summed E-state index contributed by atoms with van der Waals surface area (Å²) < 4.78 is 5.38. The number of benzene rings is 1. The van der Waals surface area contributed by atoms with Gasteiger partial charge in [0.15, 0.2) is 0 Å². The summed E-state index contributed by atoms with van der Waals surface area (Å²) in [4.78, 5) is 0. The molecule has 18 heavy (non-hydrogen) atoms. The highest BCUT2D eigenvalue weighted by molar-refractivity contribution is 5.39. The maximum atomic E-state index is 9.72. The molecule has 0 aliphatic rings. The van der Waals surface area contributed by atoms with Gasteiger partial charge >= 0.3 is 0 Å². The molecule has 3 N–H and O–H groups in total. The molecule has 0 radical (unpaired) electrons. The van der Waals surface area contributed by atoms with Gasteiger partial charge in [-0.25, -0.2) is 0 Å². The van der Waals surface area contributed by atoms with Crippen LogP contribution in [0.25, 0.3) is 0 Å². The number of rotatable bonds is 7. The number of phenolic OH excluding ortho intramolecular Hbond substituents is 1. The van der Waals surface area contributed by atoms with E-state index in [1.807, 2.05) is 26.8 Å². The van der Waals surface area contributed by atoms with Crippen molar-refractivity contribution in [2.75, 3.05) is 13.2 Å². The molecule has 0 aliphatic heterocycles. The van der Waals surface area contributed by atoms with Crippen LogP contribution in [0.15, 0.2) is 18.2 Å². The SMILES string of the molecule is CCOc1ccc(O)c(CNCC(O)C(C)C)c1. The molecule has 4 heteroatoms. The second-order valence-corrected chi connectivity index (χ2v) is 4.67. The van der Waals surface area contributed by atoms with E-state index < -0.39 is 0 Å². The van der Waals surface area contributed by atoms with Crippen molar-refractivity contribution in [2.24, 2.45) is 5.92 Å². The van der Waals surface area contributed by atoms with Gasteiger partial charge in [0.2, 0.25) is 0 Å². The standard InChI is InChI=1S/C14H23NO3/c1-4-18-12-5-6-13(16)11(7-12)8-15-9-14(17)10(2)3/h5-7,10,14-17H,4,8-9H2,1-3H3. The fourth-order valence-corrected chi connectivity index (χ4v) is 1.55. The monoisotopic (exact) mass is 253 g/mol. The summed E-state index contributed by atoms with van der Waals surface area (Å²) in [7, 11) is 0. The van der Waals surface area contributed by atoms with Crippen molar-refractivity contribution in [1.29, 1.82) is 0 Å². The Balaban J connectivity index is 2.53. The van der Waals surface area contributed by atoms with Gasteiger partial charge in [0, 0.05) is 18.7 Å². The lowest BCUT2D eigenvalue weighted by molar-refractivity contribution is 0.123. The second-order valence-electron chi connectivity index (χ2n) is 4.67. The molecule has 0 fully saturated rings. The van der Waals surface area contributed by atoms with Crippen molar-refractivity contribution < 1.29 is 14.9 Å². The molecule has 1 unspecified atom stereocenters. The van der Waals surface area contributed by atoms with Crippen LogP contribution in [-0.2, 0) is 6.54 Å². The number of nitrogens with one attached hydrogen (secondary N) is 1. The molecular formula is C14H23NO3. The zero-order valence-electron chi connectivity index (χ0n) is 11.3. The molecule has 1 aromatic carbocycles. The second kappa shape index (κ2) is 7.24. The van der Waals surface area contributed by atoms with Crippen LogP contribution in [-0.4, -0.2) is 29.5 Å². The molecule has 0 amide bonds. The maximum Gasteiger partial charge on any atom is 0.120 e. The van der Waals surface area contributed by atoms with Gasteiger partial charge < -0.3 is 20.3 Å². The average molecular weight is 253 g/mol. The summed E-state index contributed by atoms with van der Waals surface area (Å²) in [6.07, 6.45) is -0.373. The van der Waals surface area contributed by atoms with Gasteiger partial charge in [-0.2, -0.15) is 0 Å². The molecule has 0 spiro atoms. The van der Waals surface area contributed by atoms with Crippen LogP contribution >= 0.6 is 0 Å². The molecule has 1 rings (SSSR count). The number of ether oxygens (including phenoxy) is 1. The van der Waals surface area contributed by atoms with Crippen LogP contribution in [0.4, 0.5) is 0 Å². The van der Waals surface area contributed by atoms with E-state index in [0.717, 1.165) is 11.3 Å². The summed E-state index contributed by atoms with van der Waals surface area (Å²) in [5.41, 5.74) is 0.775. The fourth-order valence-electron chi connectivity index (χ4n) is 1.55. The number of phenols is 1. The summed E-state index contributed by atoms with van der Waals surface area (Å²) in [6, 6.07) is 5.18. The minimum atomic E-state index is -0.373. The van der Waals surface area contributed by atoms with Crippen LogP contribution in [0.1, 0.15) is 26.3 Å². The predicted molar refractivity (Wildman–Crippen MR) is 71.8 cm³/mol. The van der Waals surface area contributed by atoms with Gasteiger partial charge in [-0.15, -0.1) is 0 Å². The topological polar surface area (TPSA) is 61.7 Å². The predicted octanol–water partition coefficient (Wildman–Crippen LogP) is 1.90. The quantitative estimate of drug-likeness (QED) is 0.694. The normalized spacial score (nSPS) is 12.7. The van der Waals surface area contributed by atoms with E-state index in [0.29, 0.717) is 19.7 Å². The Morgan fingerprint density at radius 1 is 1.33 bits per heavy atom. The summed E-state index contributed by atoms with van der Waals surface area (Å²) in [6.45, 7) is 7.49. The van der Waals surface area contributed by atoms with E-state index in [2.05, 4.69) is 5.32 Å². The summed E-state index contributed by atoms with van der Waals surface area (Å²) >= 11 is 0. The first-order valence-electron chi connectivity index (χ1n) is 6.38. The first-order chi connectivity index (χ1) is 8.54. The van der Waals surface area contributed by atoms with E-state index in [1.54, 1.807) is 12.1 Å². The van der Waals surface area contributed by atoms with Crippen molar-refractivity contribution >= 4 is 0 Å². The first kappa shape index (κ1) is 14.8. The smallest absolute Gasteiger partial charge is 0.120 e. The third kappa shape index (κ3) is 4.55. The Morgan fingerprint density at radius 2 is 2.06 bits per heavy atom. The molecular weight excluding hydrogens is 230 g/mol. The highest BCUT2D eigenvalue weighted by Crippen LogP contribution is 2.22. The third-order valence-corrected chi connectivity index (χ3v) is 2.80. The highest BCUT2D eigenvalue weighted by Gasteiger charge is 2.09. The lowest BCUT2D eigenvalue weighted by Gasteiger charge is -2.15. The fraction of sp³-hybridized carbons (Fsp3) is 0.571. The van der Waals surface area contributed by atoms with Crippen LogP contribution in [0.5, 0.6) is 11.5 Å². The Hall–Kier alpha value is -1.26. The van der Waals surface area contributed by atoms with E-state index in [9.17, 15) is 10.2 Å². The zero-order valence-corrected chi connectivity index (χ0v) is 11.3. The molecule has 1 aromatic rings. The first-order valence-corrected chi connectivity index (χ1v) is 6.38. The van der Waals surface area contributed by atoms with Crippen molar-refractivity contribution in [3.8, 4) is 11.5 Å². The van der Waals surface area contributed by atoms with E-state index in [1.165, 1.54) is 0 Å². The number of hydrogen-bond acceptors (Lipinski definition) is 4. The van der Waals surface area contributed by atoms with E-state index in [4.69, 9.17) is 4.74 Å². The maximum absolute atomic E-state index is 9.72. The molecule has 0 saturated heterocycles. The van der Waals surface area contributed by atoms with Gasteiger partial charge in [0.25, 0.3) is 0 Å². The largest absolute Gasteiger partial charge is 0.508 e. The van der Waals surface area contributed by atoms with E-state index >= 15 is 0 Å². The summed E-state index contributed by atoms with van der Waals surface area (Å²) in [5, 5.41) is 22.5. The Morgan fingerprint density at radius 3 is 2.67 bits per heavy atom. The van der Waals surface area contributed by atoms with Crippen LogP contribution in [0.2, 0.25) is 0 Å². The van der Waals surface area contributed by atoms with Gasteiger partial charge in [-0.05, 0) is 31.0 Å². The van der Waals surface area contributed by atoms with Gasteiger partial charge in [0.1, 0.15) is 11.5 Å². The molecule has 102 valence electrons. The van der Waals surface area contributed by atoms with E-state index in [-0.39, 0.29) is 17.8 Å². The lowest BCUT2D eigenvalue weighted by Crippen LogP contribution is -2.30. The Labute approximate surface area is 109 Å². The van der Waals surface area contributed by atoms with Gasteiger partial charge in [-0.3, -0.25) is 0 Å². The Kier molecular flexibility index (Phi) is 5.95. The minimum Gasteiger partial charge on any atom is -0.508 e. The number of aliphatic hydroxyl groups is 1. The molecule has 0 saturated carbocycles. The van der Waals surface area contributed by atoms with Crippen molar-refractivity contribution in [1.82, 2.24) is 5.32 Å². The van der Waals surface area contributed by atoms with Crippen LogP contribution < -0.4 is 10.1 Å². The van der Waals surface area contributed by atoms with Gasteiger partial charge in [-0.1, -0.05) is 13.8 Å². The zero-order chi connectivity index (χ0) is 13.5. The number of aromatic hydroxyl groups is 1. The minimum absolute atomic E-state index is 0.223. The summed E-state index contributed by atoms with van der Waals surface area (Å²) in [5.74, 6) is 1.21. The van der Waals surface area contributed by atoms with Crippen molar-refractivity contribution in [3.63, 3.8) is 0 Å². The third-order valence-electron chi connectivity index (χ3n) is 2.80. The van der Waals surface area contributed by atoms with Crippen LogP contribution in [0, 0.1) is 5.92 Å². The van der Waals surface area contributed by atoms with Crippen molar-refractivity contribution in [2.45, 2.75) is 33.4 Å². The molecule has 4 nitrogen and oxygen atoms in total. The lowest BCUT2D eigenvalue weighted by atomic mass is 10.1. The van der Waals surface area contributed by atoms with Crippen molar-refractivity contribution in [3.05, 3.63) is 23.8 Å². The molecule has 0 aliphatic carbocycles. The highest BCUT2D eigenvalue weighted by atomic mass is 16.5. The number of aliphatic hydroxyl groups excluding tert-OH is 1. The molecule has 0 aromatic heterocycles. The molecule has 0 bridgehead atoms. The van der Waals surface area contributed by atoms with Crippen LogP contribution in [0.3, 0.4) is 0 Å². The number of hydrogen-bond donors (Lipinski definition) is 3. The van der Waals surface area contributed by atoms with Gasteiger partial charge in [0.05, 0.1) is 12.7 Å². The Bertz CT molecular complexity index is 366.